The SMILES string of the molecule is CC(C)C1CCC(O)C(N2CC(C)C(N(C)C)C2)C1. The number of hydrogen-bond donors (Lipinski definition) is 1. The van der Waals surface area contributed by atoms with Crippen molar-refractivity contribution in [1.29, 1.82) is 0 Å². The smallest absolute Gasteiger partial charge is 0.0695 e. The second kappa shape index (κ2) is 6.11. The molecule has 3 nitrogen and oxygen atoms in total. The van der Waals surface area contributed by atoms with Crippen LogP contribution in [0.2, 0.25) is 0 Å². The zero-order valence-corrected chi connectivity index (χ0v) is 13.3. The summed E-state index contributed by atoms with van der Waals surface area (Å²) in [7, 11) is 4.36. The normalized spacial score (nSPS) is 41.4. The highest BCUT2D eigenvalue weighted by atomic mass is 16.3. The van der Waals surface area contributed by atoms with Gasteiger partial charge in [-0.05, 0) is 51.1 Å². The molecule has 1 N–H and O–H groups in total. The van der Waals surface area contributed by atoms with Gasteiger partial charge in [-0.15, -0.1) is 0 Å². The molecule has 2 aliphatic rings. The highest BCUT2D eigenvalue weighted by Crippen LogP contribution is 2.35. The van der Waals surface area contributed by atoms with E-state index in [1.807, 2.05) is 0 Å². The van der Waals surface area contributed by atoms with Gasteiger partial charge in [0.05, 0.1) is 6.10 Å². The van der Waals surface area contributed by atoms with Crippen molar-refractivity contribution >= 4 is 0 Å². The van der Waals surface area contributed by atoms with E-state index in [2.05, 4.69) is 44.7 Å². The van der Waals surface area contributed by atoms with Gasteiger partial charge in [0, 0.05) is 25.2 Å². The maximum Gasteiger partial charge on any atom is 0.0695 e. The minimum absolute atomic E-state index is 0.108. The number of aliphatic hydroxyl groups excluding tert-OH is 1. The summed E-state index contributed by atoms with van der Waals surface area (Å²) in [6.07, 6.45) is 3.27. The Morgan fingerprint density at radius 2 is 1.84 bits per heavy atom. The monoisotopic (exact) mass is 268 g/mol. The van der Waals surface area contributed by atoms with E-state index < -0.39 is 0 Å². The van der Waals surface area contributed by atoms with Crippen molar-refractivity contribution in [3.63, 3.8) is 0 Å². The second-order valence-corrected chi connectivity index (χ2v) is 7.41. The average Bonchev–Trinajstić information content (AvgIpc) is 2.71. The van der Waals surface area contributed by atoms with Crippen LogP contribution in [0.15, 0.2) is 0 Å². The Labute approximate surface area is 119 Å². The molecular formula is C16H32N2O. The molecule has 0 bridgehead atoms. The number of likely N-dealkylation sites (tertiary alicyclic amines) is 1. The Hall–Kier alpha value is -0.120. The number of nitrogens with zero attached hydrogens (tertiary/aromatic N) is 2. The molecule has 2 rings (SSSR count). The highest BCUT2D eigenvalue weighted by Gasteiger charge is 2.40. The molecule has 0 aromatic carbocycles. The summed E-state index contributed by atoms with van der Waals surface area (Å²) in [5.74, 6) is 2.25. The molecule has 3 heteroatoms. The van der Waals surface area contributed by atoms with Crippen molar-refractivity contribution in [1.82, 2.24) is 9.80 Å². The van der Waals surface area contributed by atoms with Crippen LogP contribution in [0.1, 0.15) is 40.0 Å². The summed E-state index contributed by atoms with van der Waals surface area (Å²) in [5, 5.41) is 10.4. The van der Waals surface area contributed by atoms with Gasteiger partial charge in [0.2, 0.25) is 0 Å². The van der Waals surface area contributed by atoms with Gasteiger partial charge in [-0.1, -0.05) is 20.8 Å². The van der Waals surface area contributed by atoms with Gasteiger partial charge in [-0.3, -0.25) is 4.90 Å². The Bertz CT molecular complexity index is 292. The largest absolute Gasteiger partial charge is 0.391 e. The molecule has 5 unspecified atom stereocenters. The lowest BCUT2D eigenvalue weighted by atomic mass is 9.77. The fourth-order valence-electron chi connectivity index (χ4n) is 4.09. The maximum absolute atomic E-state index is 10.4. The molecule has 0 aromatic heterocycles. The zero-order chi connectivity index (χ0) is 14.2. The van der Waals surface area contributed by atoms with E-state index >= 15 is 0 Å². The van der Waals surface area contributed by atoms with E-state index in [9.17, 15) is 5.11 Å². The highest BCUT2D eigenvalue weighted by molar-refractivity contribution is 4.95. The predicted molar refractivity (Wildman–Crippen MR) is 80.2 cm³/mol. The molecule has 0 aromatic rings. The molecule has 1 saturated heterocycles. The molecule has 5 atom stereocenters. The third kappa shape index (κ3) is 3.32. The lowest BCUT2D eigenvalue weighted by Crippen LogP contribution is -2.48. The van der Waals surface area contributed by atoms with Crippen LogP contribution < -0.4 is 0 Å². The molecule has 0 radical (unpaired) electrons. The van der Waals surface area contributed by atoms with E-state index in [-0.39, 0.29) is 6.10 Å². The van der Waals surface area contributed by atoms with Gasteiger partial charge in [-0.2, -0.15) is 0 Å². The molecule has 112 valence electrons. The van der Waals surface area contributed by atoms with Gasteiger partial charge in [0.25, 0.3) is 0 Å². The molecule has 2 fully saturated rings. The van der Waals surface area contributed by atoms with Gasteiger partial charge < -0.3 is 10.0 Å². The van der Waals surface area contributed by atoms with Crippen LogP contribution in [0.25, 0.3) is 0 Å². The second-order valence-electron chi connectivity index (χ2n) is 7.41. The van der Waals surface area contributed by atoms with Crippen molar-refractivity contribution in [3.05, 3.63) is 0 Å². The topological polar surface area (TPSA) is 26.7 Å². The van der Waals surface area contributed by atoms with E-state index in [1.165, 1.54) is 12.8 Å². The molecule has 0 amide bonds. The van der Waals surface area contributed by atoms with Gasteiger partial charge in [0.15, 0.2) is 0 Å². The number of aliphatic hydroxyl groups is 1. The summed E-state index contributed by atoms with van der Waals surface area (Å²) in [6, 6.07) is 1.04. The molecule has 1 heterocycles. The van der Waals surface area contributed by atoms with E-state index in [0.29, 0.717) is 18.0 Å². The van der Waals surface area contributed by atoms with Crippen LogP contribution in [0, 0.1) is 17.8 Å². The molecule has 0 spiro atoms. The van der Waals surface area contributed by atoms with Crippen molar-refractivity contribution in [2.75, 3.05) is 27.2 Å². The first-order valence-electron chi connectivity index (χ1n) is 7.98. The van der Waals surface area contributed by atoms with Gasteiger partial charge in [-0.25, -0.2) is 0 Å². The number of rotatable bonds is 3. The summed E-state index contributed by atoms with van der Waals surface area (Å²) in [4.78, 5) is 4.91. The van der Waals surface area contributed by atoms with Crippen LogP contribution in [-0.4, -0.2) is 60.3 Å². The Morgan fingerprint density at radius 3 is 2.37 bits per heavy atom. The van der Waals surface area contributed by atoms with Gasteiger partial charge in [0.1, 0.15) is 0 Å². The van der Waals surface area contributed by atoms with Crippen LogP contribution in [0.3, 0.4) is 0 Å². The molecule has 1 saturated carbocycles. The summed E-state index contributed by atoms with van der Waals surface area (Å²) >= 11 is 0. The van der Waals surface area contributed by atoms with E-state index in [1.54, 1.807) is 0 Å². The summed E-state index contributed by atoms with van der Waals surface area (Å²) in [5.41, 5.74) is 0. The van der Waals surface area contributed by atoms with E-state index in [4.69, 9.17) is 0 Å². The van der Waals surface area contributed by atoms with Crippen molar-refractivity contribution in [2.24, 2.45) is 17.8 Å². The molecular weight excluding hydrogens is 236 g/mol. The fraction of sp³-hybridized carbons (Fsp3) is 1.00. The Balaban J connectivity index is 2.00. The molecule has 1 aliphatic carbocycles. The van der Waals surface area contributed by atoms with Crippen LogP contribution in [0.4, 0.5) is 0 Å². The fourth-order valence-corrected chi connectivity index (χ4v) is 4.09. The van der Waals surface area contributed by atoms with Crippen LogP contribution >= 0.6 is 0 Å². The zero-order valence-electron chi connectivity index (χ0n) is 13.3. The lowest BCUT2D eigenvalue weighted by Gasteiger charge is -2.40. The quantitative estimate of drug-likeness (QED) is 0.849. The third-order valence-corrected chi connectivity index (χ3v) is 5.50. The summed E-state index contributed by atoms with van der Waals surface area (Å²) in [6.45, 7) is 9.28. The van der Waals surface area contributed by atoms with Crippen LogP contribution in [-0.2, 0) is 0 Å². The van der Waals surface area contributed by atoms with Crippen molar-refractivity contribution in [3.8, 4) is 0 Å². The minimum Gasteiger partial charge on any atom is -0.391 e. The third-order valence-electron chi connectivity index (χ3n) is 5.50. The van der Waals surface area contributed by atoms with E-state index in [0.717, 1.165) is 31.3 Å². The van der Waals surface area contributed by atoms with Crippen molar-refractivity contribution in [2.45, 2.75) is 58.2 Å². The first-order chi connectivity index (χ1) is 8.90. The van der Waals surface area contributed by atoms with Gasteiger partial charge >= 0.3 is 0 Å². The standard InChI is InChI=1S/C16H32N2O/c1-11(2)13-6-7-16(19)14(8-13)18-9-12(3)15(10-18)17(4)5/h11-16,19H,6-10H2,1-5H3. The summed E-state index contributed by atoms with van der Waals surface area (Å²) < 4.78 is 0. The Kier molecular flexibility index (Phi) is 4.91. The minimum atomic E-state index is -0.108. The molecule has 1 aliphatic heterocycles. The predicted octanol–water partition coefficient (Wildman–Crippen LogP) is 2.05. The first kappa shape index (κ1) is 15.3. The Morgan fingerprint density at radius 1 is 1.16 bits per heavy atom. The maximum atomic E-state index is 10.4. The number of hydrogen-bond acceptors (Lipinski definition) is 3. The molecule has 19 heavy (non-hydrogen) atoms. The number of likely N-dealkylation sites (N-methyl/N-ethyl adjacent to an activating group) is 1. The average molecular weight is 268 g/mol. The van der Waals surface area contributed by atoms with Crippen molar-refractivity contribution < 1.29 is 5.11 Å². The lowest BCUT2D eigenvalue weighted by molar-refractivity contribution is 0.00249. The van der Waals surface area contributed by atoms with Crippen LogP contribution in [0.5, 0.6) is 0 Å². The first-order valence-corrected chi connectivity index (χ1v) is 7.98.